The summed E-state index contributed by atoms with van der Waals surface area (Å²) in [5.41, 5.74) is 10.2. The number of hydrogen-bond acceptors (Lipinski definition) is 3. The number of nitrogens with one attached hydrogen (secondary N) is 1. The van der Waals surface area contributed by atoms with Crippen LogP contribution in [-0.2, 0) is 11.2 Å². The van der Waals surface area contributed by atoms with E-state index in [-0.39, 0.29) is 5.91 Å². The maximum absolute atomic E-state index is 12.3. The Morgan fingerprint density at radius 3 is 2.47 bits per heavy atom. The van der Waals surface area contributed by atoms with Gasteiger partial charge in [-0.25, -0.2) is 5.43 Å². The highest BCUT2D eigenvalue weighted by Crippen LogP contribution is 2.22. The first kappa shape index (κ1) is 21.4. The summed E-state index contributed by atoms with van der Waals surface area (Å²) in [6.07, 6.45) is 2.02. The van der Waals surface area contributed by atoms with E-state index >= 15 is 0 Å². The minimum atomic E-state index is -0.126. The van der Waals surface area contributed by atoms with Gasteiger partial charge in [-0.15, -0.1) is 0 Å². The third-order valence-corrected chi connectivity index (χ3v) is 5.12. The van der Waals surface area contributed by atoms with Crippen LogP contribution in [0.25, 0.3) is 5.69 Å². The number of ether oxygens (including phenoxy) is 1. The fourth-order valence-corrected chi connectivity index (χ4v) is 3.60. The van der Waals surface area contributed by atoms with Crippen molar-refractivity contribution >= 4 is 12.1 Å². The zero-order valence-electron chi connectivity index (χ0n) is 18.3. The molecule has 5 nitrogen and oxygen atoms in total. The molecule has 0 saturated carbocycles. The number of aryl methyl sites for hydroxylation is 3. The zero-order valence-corrected chi connectivity index (χ0v) is 18.3. The molecule has 156 valence electrons. The molecule has 1 heterocycles. The highest BCUT2D eigenvalue weighted by molar-refractivity contribution is 5.85. The maximum Gasteiger partial charge on any atom is 0.244 e. The van der Waals surface area contributed by atoms with Gasteiger partial charge in [-0.2, -0.15) is 5.10 Å². The number of carbonyl (C=O) groups excluding carboxylic acids is 1. The number of hydrogen-bond donors (Lipinski definition) is 1. The first-order valence-electron chi connectivity index (χ1n) is 10.2. The van der Waals surface area contributed by atoms with Crippen molar-refractivity contribution in [2.45, 2.75) is 41.0 Å². The van der Waals surface area contributed by atoms with Crippen molar-refractivity contribution in [3.8, 4) is 11.4 Å². The molecule has 1 amide bonds. The highest BCUT2D eigenvalue weighted by atomic mass is 16.5. The van der Waals surface area contributed by atoms with E-state index in [1.807, 2.05) is 64.1 Å². The van der Waals surface area contributed by atoms with E-state index in [2.05, 4.69) is 34.2 Å². The third-order valence-electron chi connectivity index (χ3n) is 5.12. The fraction of sp³-hybridized carbons (Fsp3) is 0.280. The van der Waals surface area contributed by atoms with Gasteiger partial charge in [0.1, 0.15) is 5.75 Å². The Morgan fingerprint density at radius 1 is 1.07 bits per heavy atom. The Bertz CT molecular complexity index is 1060. The van der Waals surface area contributed by atoms with E-state index in [1.54, 1.807) is 6.21 Å². The minimum Gasteiger partial charge on any atom is -0.494 e. The second-order valence-corrected chi connectivity index (χ2v) is 7.49. The highest BCUT2D eigenvalue weighted by Gasteiger charge is 2.10. The summed E-state index contributed by atoms with van der Waals surface area (Å²) < 4.78 is 7.68. The van der Waals surface area contributed by atoms with Crippen LogP contribution in [-0.4, -0.2) is 23.3 Å². The second kappa shape index (κ2) is 9.44. The average molecular weight is 404 g/mol. The Balaban J connectivity index is 1.69. The normalized spacial score (nSPS) is 11.1. The van der Waals surface area contributed by atoms with Crippen molar-refractivity contribution in [1.82, 2.24) is 9.99 Å². The summed E-state index contributed by atoms with van der Waals surface area (Å²) in [6, 6.07) is 16.2. The molecule has 30 heavy (non-hydrogen) atoms. The van der Waals surface area contributed by atoms with Crippen LogP contribution in [0.2, 0.25) is 0 Å². The Morgan fingerprint density at radius 2 is 1.80 bits per heavy atom. The SMILES string of the molecule is CCOc1ccc(-n2c(C)cc(/C=N\NC(=O)Cc3ccc(C)cc3C)c2C)cc1. The van der Waals surface area contributed by atoms with E-state index < -0.39 is 0 Å². The summed E-state index contributed by atoms with van der Waals surface area (Å²) in [5.74, 6) is 0.732. The van der Waals surface area contributed by atoms with Crippen molar-refractivity contribution in [2.75, 3.05) is 6.61 Å². The Kier molecular flexibility index (Phi) is 6.72. The van der Waals surface area contributed by atoms with Crippen LogP contribution in [0, 0.1) is 27.7 Å². The largest absolute Gasteiger partial charge is 0.494 e. The van der Waals surface area contributed by atoms with Crippen molar-refractivity contribution in [1.29, 1.82) is 0 Å². The van der Waals surface area contributed by atoms with Crippen LogP contribution in [0.4, 0.5) is 0 Å². The van der Waals surface area contributed by atoms with Crippen molar-refractivity contribution in [3.63, 3.8) is 0 Å². The molecular weight excluding hydrogens is 374 g/mol. The molecule has 0 bridgehead atoms. The Labute approximate surface area is 178 Å². The predicted octanol–water partition coefficient (Wildman–Crippen LogP) is 4.80. The summed E-state index contributed by atoms with van der Waals surface area (Å²) in [4.78, 5) is 12.3. The molecule has 0 atom stereocenters. The monoisotopic (exact) mass is 403 g/mol. The number of carbonyl (C=O) groups is 1. The molecule has 1 N–H and O–H groups in total. The molecule has 1 aromatic heterocycles. The van der Waals surface area contributed by atoms with Gasteiger partial charge in [0.15, 0.2) is 0 Å². The number of nitrogens with zero attached hydrogens (tertiary/aromatic N) is 2. The van der Waals surface area contributed by atoms with E-state index in [0.29, 0.717) is 13.0 Å². The lowest BCUT2D eigenvalue weighted by atomic mass is 10.0. The lowest BCUT2D eigenvalue weighted by Crippen LogP contribution is -2.20. The average Bonchev–Trinajstić information content (AvgIpc) is 2.98. The van der Waals surface area contributed by atoms with Crippen LogP contribution in [0.1, 0.15) is 40.6 Å². The van der Waals surface area contributed by atoms with Gasteiger partial charge in [0.2, 0.25) is 5.91 Å². The molecule has 3 rings (SSSR count). The van der Waals surface area contributed by atoms with Crippen molar-refractivity contribution < 1.29 is 9.53 Å². The van der Waals surface area contributed by atoms with Gasteiger partial charge in [-0.1, -0.05) is 23.8 Å². The second-order valence-electron chi connectivity index (χ2n) is 7.49. The van der Waals surface area contributed by atoms with Crippen LogP contribution < -0.4 is 10.2 Å². The van der Waals surface area contributed by atoms with Crippen molar-refractivity contribution in [3.05, 3.63) is 82.2 Å². The van der Waals surface area contributed by atoms with Gasteiger partial charge in [0.25, 0.3) is 0 Å². The maximum atomic E-state index is 12.3. The number of amides is 1. The summed E-state index contributed by atoms with van der Waals surface area (Å²) in [7, 11) is 0. The molecule has 3 aromatic rings. The van der Waals surface area contributed by atoms with E-state index in [0.717, 1.165) is 39.5 Å². The van der Waals surface area contributed by atoms with E-state index in [4.69, 9.17) is 4.74 Å². The fourth-order valence-electron chi connectivity index (χ4n) is 3.60. The summed E-state index contributed by atoms with van der Waals surface area (Å²) in [6.45, 7) is 10.8. The third kappa shape index (κ3) is 4.98. The summed E-state index contributed by atoms with van der Waals surface area (Å²) >= 11 is 0. The Hall–Kier alpha value is -3.34. The van der Waals surface area contributed by atoms with Gasteiger partial charge in [-0.3, -0.25) is 4.79 Å². The number of rotatable bonds is 7. The molecule has 0 saturated heterocycles. The minimum absolute atomic E-state index is 0.126. The number of hydrazone groups is 1. The van der Waals surface area contributed by atoms with E-state index in [9.17, 15) is 4.79 Å². The molecule has 0 unspecified atom stereocenters. The number of aromatic nitrogens is 1. The van der Waals surface area contributed by atoms with Gasteiger partial charge in [0.05, 0.1) is 19.2 Å². The first-order valence-corrected chi connectivity index (χ1v) is 10.2. The topological polar surface area (TPSA) is 55.6 Å². The van der Waals surface area contributed by atoms with Crippen LogP contribution in [0.5, 0.6) is 5.75 Å². The first-order chi connectivity index (χ1) is 14.4. The zero-order chi connectivity index (χ0) is 21.7. The smallest absolute Gasteiger partial charge is 0.244 e. The molecule has 0 aliphatic rings. The lowest BCUT2D eigenvalue weighted by molar-refractivity contribution is -0.120. The van der Waals surface area contributed by atoms with Gasteiger partial charge >= 0.3 is 0 Å². The molecule has 0 aliphatic carbocycles. The van der Waals surface area contributed by atoms with Gasteiger partial charge < -0.3 is 9.30 Å². The quantitative estimate of drug-likeness (QED) is 0.455. The number of benzene rings is 2. The standard InChI is InChI=1S/C25H29N3O2/c1-6-30-24-11-9-23(10-12-24)28-19(4)14-22(20(28)5)16-26-27-25(29)15-21-8-7-17(2)13-18(21)3/h7-14,16H,6,15H2,1-5H3,(H,27,29)/b26-16-. The molecule has 5 heteroatoms. The van der Waals surface area contributed by atoms with Crippen LogP contribution >= 0.6 is 0 Å². The predicted molar refractivity (Wildman–Crippen MR) is 122 cm³/mol. The molecule has 2 aromatic carbocycles. The summed E-state index contributed by atoms with van der Waals surface area (Å²) in [5, 5.41) is 4.17. The lowest BCUT2D eigenvalue weighted by Gasteiger charge is -2.11. The van der Waals surface area contributed by atoms with E-state index in [1.165, 1.54) is 5.56 Å². The van der Waals surface area contributed by atoms with Gasteiger partial charge in [0, 0.05) is 22.6 Å². The molecule has 0 fully saturated rings. The molecule has 0 aliphatic heterocycles. The van der Waals surface area contributed by atoms with Gasteiger partial charge in [-0.05, 0) is 76.1 Å². The van der Waals surface area contributed by atoms with Crippen LogP contribution in [0.15, 0.2) is 53.6 Å². The van der Waals surface area contributed by atoms with Crippen LogP contribution in [0.3, 0.4) is 0 Å². The molecular formula is C25H29N3O2. The van der Waals surface area contributed by atoms with Crippen molar-refractivity contribution in [2.24, 2.45) is 5.10 Å². The molecule has 0 spiro atoms. The molecule has 0 radical (unpaired) electrons.